The van der Waals surface area contributed by atoms with Crippen LogP contribution < -0.4 is 10.5 Å². The van der Waals surface area contributed by atoms with Crippen LogP contribution in [0.2, 0.25) is 5.02 Å². The fourth-order valence-electron chi connectivity index (χ4n) is 1.22. The highest BCUT2D eigenvalue weighted by atomic mass is 35.5. The third-order valence-electron chi connectivity index (χ3n) is 1.91. The van der Waals surface area contributed by atoms with Gasteiger partial charge in [0.05, 0.1) is 12.9 Å². The van der Waals surface area contributed by atoms with Gasteiger partial charge in [0.1, 0.15) is 11.4 Å². The monoisotopic (exact) mass is 226 g/mol. The van der Waals surface area contributed by atoms with Gasteiger partial charge in [-0.1, -0.05) is 18.5 Å². The highest BCUT2D eigenvalue weighted by Crippen LogP contribution is 2.30. The maximum Gasteiger partial charge on any atom is 0.144 e. The second-order valence-electron chi connectivity index (χ2n) is 3.17. The van der Waals surface area contributed by atoms with E-state index in [1.807, 2.05) is 0 Å². The maximum atomic E-state index is 5.87. The van der Waals surface area contributed by atoms with E-state index in [9.17, 15) is 0 Å². The molecule has 15 heavy (non-hydrogen) atoms. The summed E-state index contributed by atoms with van der Waals surface area (Å²) in [5.41, 5.74) is 6.42. The Labute approximate surface area is 94.9 Å². The number of aliphatic imine (C=N–C) groups is 1. The minimum absolute atomic E-state index is 0.595. The molecule has 0 atom stereocenters. The first-order valence-electron chi connectivity index (χ1n) is 4.84. The lowest BCUT2D eigenvalue weighted by Crippen LogP contribution is -2.10. The molecule has 0 saturated heterocycles. The van der Waals surface area contributed by atoms with E-state index in [1.165, 1.54) is 0 Å². The first-order chi connectivity index (χ1) is 7.17. The van der Waals surface area contributed by atoms with Gasteiger partial charge in [0.25, 0.3) is 0 Å². The number of amidine groups is 1. The molecule has 1 rings (SSSR count). The van der Waals surface area contributed by atoms with Crippen molar-refractivity contribution in [1.82, 2.24) is 0 Å². The number of hydrogen-bond acceptors (Lipinski definition) is 2. The van der Waals surface area contributed by atoms with Crippen LogP contribution in [-0.4, -0.2) is 12.9 Å². The van der Waals surface area contributed by atoms with E-state index in [1.54, 1.807) is 25.3 Å². The lowest BCUT2D eigenvalue weighted by Gasteiger charge is -2.05. The maximum absolute atomic E-state index is 5.87. The fraction of sp³-hybridized carbons (Fsp3) is 0.364. The van der Waals surface area contributed by atoms with Crippen LogP contribution in [0.5, 0.6) is 5.75 Å². The standard InChI is InChI=1S/C11H15ClN2O/c1-3-4-11(13)14-9-7-8(12)5-6-10(9)15-2/h5-7H,3-4H2,1-2H3,(H2,13,14). The van der Waals surface area contributed by atoms with Crippen LogP contribution in [0.15, 0.2) is 23.2 Å². The highest BCUT2D eigenvalue weighted by molar-refractivity contribution is 6.30. The quantitative estimate of drug-likeness (QED) is 0.633. The lowest BCUT2D eigenvalue weighted by molar-refractivity contribution is 0.416. The zero-order valence-electron chi connectivity index (χ0n) is 8.96. The van der Waals surface area contributed by atoms with E-state index >= 15 is 0 Å². The van der Waals surface area contributed by atoms with Gasteiger partial charge in [-0.25, -0.2) is 4.99 Å². The van der Waals surface area contributed by atoms with Crippen LogP contribution in [0.25, 0.3) is 0 Å². The zero-order chi connectivity index (χ0) is 11.3. The van der Waals surface area contributed by atoms with Crippen LogP contribution in [0.4, 0.5) is 5.69 Å². The molecule has 0 unspecified atom stereocenters. The van der Waals surface area contributed by atoms with Crippen molar-refractivity contribution in [3.63, 3.8) is 0 Å². The SMILES string of the molecule is CCCC(N)=Nc1cc(Cl)ccc1OC. The third-order valence-corrected chi connectivity index (χ3v) is 2.15. The van der Waals surface area contributed by atoms with Gasteiger partial charge in [-0.15, -0.1) is 0 Å². The second kappa shape index (κ2) is 5.61. The van der Waals surface area contributed by atoms with Gasteiger partial charge >= 0.3 is 0 Å². The van der Waals surface area contributed by atoms with Crippen molar-refractivity contribution in [1.29, 1.82) is 0 Å². The summed E-state index contributed by atoms with van der Waals surface area (Å²) in [5, 5.41) is 0.624. The minimum atomic E-state index is 0.595. The molecule has 0 aliphatic rings. The first kappa shape index (κ1) is 11.9. The Balaban J connectivity index is 3.01. The molecule has 0 aliphatic carbocycles. The van der Waals surface area contributed by atoms with Crippen LogP contribution in [0.3, 0.4) is 0 Å². The van der Waals surface area contributed by atoms with E-state index < -0.39 is 0 Å². The zero-order valence-corrected chi connectivity index (χ0v) is 9.71. The normalized spacial score (nSPS) is 11.5. The van der Waals surface area contributed by atoms with Crippen molar-refractivity contribution < 1.29 is 4.74 Å². The van der Waals surface area contributed by atoms with Crippen LogP contribution in [-0.2, 0) is 0 Å². The van der Waals surface area contributed by atoms with Gasteiger partial charge in [0.15, 0.2) is 0 Å². The third kappa shape index (κ3) is 3.44. The van der Waals surface area contributed by atoms with Gasteiger partial charge < -0.3 is 10.5 Å². The Hall–Kier alpha value is -1.22. The van der Waals surface area contributed by atoms with Crippen LogP contribution in [0.1, 0.15) is 19.8 Å². The molecule has 82 valence electrons. The summed E-state index contributed by atoms with van der Waals surface area (Å²) in [6.45, 7) is 2.05. The van der Waals surface area contributed by atoms with E-state index in [2.05, 4.69) is 11.9 Å². The lowest BCUT2D eigenvalue weighted by atomic mass is 10.3. The molecule has 2 N–H and O–H groups in total. The topological polar surface area (TPSA) is 47.6 Å². The van der Waals surface area contributed by atoms with E-state index in [0.29, 0.717) is 22.3 Å². The molecule has 0 aliphatic heterocycles. The molecule has 1 aromatic rings. The van der Waals surface area contributed by atoms with Gasteiger partial charge in [0, 0.05) is 11.4 Å². The molecule has 0 amide bonds. The summed E-state index contributed by atoms with van der Waals surface area (Å²) in [6.07, 6.45) is 1.74. The van der Waals surface area contributed by atoms with Gasteiger partial charge in [0.2, 0.25) is 0 Å². The number of nitrogens with two attached hydrogens (primary N) is 1. The predicted molar refractivity (Wildman–Crippen MR) is 64.2 cm³/mol. The average molecular weight is 227 g/mol. The Bertz CT molecular complexity index is 364. The van der Waals surface area contributed by atoms with Crippen molar-refractivity contribution in [2.45, 2.75) is 19.8 Å². The Morgan fingerprint density at radius 1 is 1.53 bits per heavy atom. The summed E-state index contributed by atoms with van der Waals surface area (Å²) >= 11 is 5.87. The largest absolute Gasteiger partial charge is 0.494 e. The number of methoxy groups -OCH3 is 1. The van der Waals surface area contributed by atoms with Gasteiger partial charge in [-0.3, -0.25) is 0 Å². The van der Waals surface area contributed by atoms with Crippen molar-refractivity contribution in [3.8, 4) is 5.75 Å². The number of rotatable bonds is 4. The fourth-order valence-corrected chi connectivity index (χ4v) is 1.38. The smallest absolute Gasteiger partial charge is 0.144 e. The predicted octanol–water partition coefficient (Wildman–Crippen LogP) is 3.14. The molecule has 0 aromatic heterocycles. The molecule has 0 fully saturated rings. The Kier molecular flexibility index (Phi) is 4.43. The summed E-state index contributed by atoms with van der Waals surface area (Å²) in [6, 6.07) is 5.28. The van der Waals surface area contributed by atoms with Crippen LogP contribution >= 0.6 is 11.6 Å². The van der Waals surface area contributed by atoms with E-state index in [4.69, 9.17) is 22.1 Å². The molecule has 0 spiro atoms. The molecule has 0 bridgehead atoms. The molecular formula is C11H15ClN2O. The number of hydrogen-bond donors (Lipinski definition) is 1. The minimum Gasteiger partial charge on any atom is -0.494 e. The van der Waals surface area contributed by atoms with Crippen LogP contribution in [0, 0.1) is 0 Å². The first-order valence-corrected chi connectivity index (χ1v) is 5.21. The van der Waals surface area contributed by atoms with Crippen molar-refractivity contribution in [3.05, 3.63) is 23.2 Å². The Morgan fingerprint density at radius 2 is 2.27 bits per heavy atom. The van der Waals surface area contributed by atoms with E-state index in [0.717, 1.165) is 12.8 Å². The molecule has 4 heteroatoms. The second-order valence-corrected chi connectivity index (χ2v) is 3.61. The van der Waals surface area contributed by atoms with Crippen molar-refractivity contribution >= 4 is 23.1 Å². The highest BCUT2D eigenvalue weighted by Gasteiger charge is 2.03. The number of halogens is 1. The summed E-state index contributed by atoms with van der Waals surface area (Å²) in [4.78, 5) is 4.27. The molecule has 0 radical (unpaired) electrons. The number of ether oxygens (including phenoxy) is 1. The number of nitrogens with zero attached hydrogens (tertiary/aromatic N) is 1. The summed E-state index contributed by atoms with van der Waals surface area (Å²) in [5.74, 6) is 1.27. The molecule has 1 aromatic carbocycles. The molecular weight excluding hydrogens is 212 g/mol. The van der Waals surface area contributed by atoms with Gasteiger partial charge in [-0.2, -0.15) is 0 Å². The summed E-state index contributed by atoms with van der Waals surface area (Å²) in [7, 11) is 1.60. The Morgan fingerprint density at radius 3 is 2.87 bits per heavy atom. The van der Waals surface area contributed by atoms with Crippen molar-refractivity contribution in [2.75, 3.05) is 7.11 Å². The van der Waals surface area contributed by atoms with E-state index in [-0.39, 0.29) is 0 Å². The number of benzene rings is 1. The van der Waals surface area contributed by atoms with Gasteiger partial charge in [-0.05, 0) is 24.6 Å². The molecule has 0 heterocycles. The average Bonchev–Trinajstić information content (AvgIpc) is 2.18. The van der Waals surface area contributed by atoms with Crippen molar-refractivity contribution in [2.24, 2.45) is 10.7 Å². The molecule has 3 nitrogen and oxygen atoms in total. The molecule has 0 saturated carbocycles. The summed E-state index contributed by atoms with van der Waals surface area (Å²) < 4.78 is 5.16.